The fourth-order valence-corrected chi connectivity index (χ4v) is 9.25. The molecule has 51 heavy (non-hydrogen) atoms. The number of rotatable bonds is 4. The van der Waals surface area contributed by atoms with Crippen molar-refractivity contribution in [1.82, 2.24) is 4.57 Å². The fraction of sp³-hybridized carbons (Fsp3) is 0.0612. The molecule has 3 aliphatic rings. The van der Waals surface area contributed by atoms with Gasteiger partial charge in [0.1, 0.15) is 0 Å². The van der Waals surface area contributed by atoms with Crippen LogP contribution in [0.1, 0.15) is 35.1 Å². The molecule has 1 aliphatic heterocycles. The molecule has 0 saturated heterocycles. The zero-order chi connectivity index (χ0) is 33.5. The molecule has 0 fully saturated rings. The van der Waals surface area contributed by atoms with Crippen LogP contribution in [-0.2, 0) is 5.41 Å². The lowest BCUT2D eigenvalue weighted by Crippen LogP contribution is -2.33. The summed E-state index contributed by atoms with van der Waals surface area (Å²) >= 11 is 0. The number of hydrogen-bond acceptors (Lipinski definition) is 1. The largest absolute Gasteiger partial charge is 0.314 e. The SMILES string of the molecule is C1#CCCC(N(c2ccccc2)c2ccc(-c3ccc4c(c3)-c3ccccc3C43c4ccccc4-n4c5ccccc5c5cccc3c54)cc2)=C1. The van der Waals surface area contributed by atoms with Gasteiger partial charge in [0.2, 0.25) is 0 Å². The zero-order valence-electron chi connectivity index (χ0n) is 28.0. The third-order valence-corrected chi connectivity index (χ3v) is 11.3. The quantitative estimate of drug-likeness (QED) is 0.172. The van der Waals surface area contributed by atoms with Gasteiger partial charge in [-0.05, 0) is 93.4 Å². The van der Waals surface area contributed by atoms with E-state index in [-0.39, 0.29) is 0 Å². The number of nitrogens with zero attached hydrogens (tertiary/aromatic N) is 2. The fourth-order valence-electron chi connectivity index (χ4n) is 9.25. The topological polar surface area (TPSA) is 8.17 Å². The van der Waals surface area contributed by atoms with Gasteiger partial charge in [0.25, 0.3) is 0 Å². The van der Waals surface area contributed by atoms with E-state index in [1.54, 1.807) is 0 Å². The second-order valence-electron chi connectivity index (χ2n) is 13.8. The number of hydrogen-bond donors (Lipinski definition) is 0. The maximum absolute atomic E-state index is 3.22. The van der Waals surface area contributed by atoms with Crippen LogP contribution in [0.2, 0.25) is 0 Å². The minimum atomic E-state index is -0.429. The molecule has 0 N–H and O–H groups in total. The number of fused-ring (bicyclic) bond motifs is 12. The third-order valence-electron chi connectivity index (χ3n) is 11.3. The highest BCUT2D eigenvalue weighted by Gasteiger charge is 2.50. The van der Waals surface area contributed by atoms with Crippen molar-refractivity contribution in [2.75, 3.05) is 4.90 Å². The van der Waals surface area contributed by atoms with Gasteiger partial charge < -0.3 is 9.47 Å². The summed E-state index contributed by atoms with van der Waals surface area (Å²) in [6.07, 6.45) is 3.89. The summed E-state index contributed by atoms with van der Waals surface area (Å²) in [5, 5.41) is 2.60. The number of para-hydroxylation sites is 4. The summed E-state index contributed by atoms with van der Waals surface area (Å²) < 4.78 is 2.51. The van der Waals surface area contributed by atoms with Crippen LogP contribution in [0.5, 0.6) is 0 Å². The van der Waals surface area contributed by atoms with Crippen molar-refractivity contribution in [3.05, 3.63) is 198 Å². The second kappa shape index (κ2) is 10.7. The summed E-state index contributed by atoms with van der Waals surface area (Å²) in [4.78, 5) is 2.35. The van der Waals surface area contributed by atoms with Gasteiger partial charge in [-0.15, -0.1) is 0 Å². The highest BCUT2D eigenvalue weighted by atomic mass is 15.1. The van der Waals surface area contributed by atoms with E-state index in [4.69, 9.17) is 0 Å². The number of aromatic nitrogens is 1. The van der Waals surface area contributed by atoms with E-state index in [2.05, 4.69) is 191 Å². The lowest BCUT2D eigenvalue weighted by Gasteiger charge is -2.39. The van der Waals surface area contributed by atoms with Gasteiger partial charge >= 0.3 is 0 Å². The highest BCUT2D eigenvalue weighted by molar-refractivity contribution is 6.12. The molecule has 2 nitrogen and oxygen atoms in total. The van der Waals surface area contributed by atoms with E-state index in [0.717, 1.165) is 24.2 Å². The Hall–Kier alpha value is -6.56. The van der Waals surface area contributed by atoms with Gasteiger partial charge in [-0.2, -0.15) is 0 Å². The molecule has 0 saturated carbocycles. The van der Waals surface area contributed by atoms with Gasteiger partial charge in [-0.3, -0.25) is 0 Å². The molecule has 1 aromatic heterocycles. The van der Waals surface area contributed by atoms with E-state index < -0.39 is 5.41 Å². The van der Waals surface area contributed by atoms with Crippen LogP contribution in [0.3, 0.4) is 0 Å². The van der Waals surface area contributed by atoms with Crippen molar-refractivity contribution >= 4 is 33.2 Å². The van der Waals surface area contributed by atoms with E-state index in [9.17, 15) is 0 Å². The van der Waals surface area contributed by atoms with Crippen LogP contribution < -0.4 is 4.90 Å². The predicted octanol–water partition coefficient (Wildman–Crippen LogP) is 11.9. The Morgan fingerprint density at radius 3 is 2.08 bits per heavy atom. The van der Waals surface area contributed by atoms with Gasteiger partial charge in [-0.25, -0.2) is 0 Å². The molecule has 11 rings (SSSR count). The first-order chi connectivity index (χ1) is 25.3. The highest BCUT2D eigenvalue weighted by Crippen LogP contribution is 2.61. The first-order valence-electron chi connectivity index (χ1n) is 17.8. The number of benzene rings is 7. The normalized spacial score (nSPS) is 16.3. The molecule has 2 aliphatic carbocycles. The molecule has 238 valence electrons. The van der Waals surface area contributed by atoms with E-state index in [1.165, 1.54) is 77.7 Å². The summed E-state index contributed by atoms with van der Waals surface area (Å²) in [5.74, 6) is 6.44. The monoisotopic (exact) mass is 648 g/mol. The van der Waals surface area contributed by atoms with Crippen molar-refractivity contribution in [2.24, 2.45) is 0 Å². The van der Waals surface area contributed by atoms with Crippen molar-refractivity contribution in [1.29, 1.82) is 0 Å². The summed E-state index contributed by atoms with van der Waals surface area (Å²) in [6, 6.07) is 60.8. The Kier molecular flexibility index (Phi) is 5.95. The zero-order valence-corrected chi connectivity index (χ0v) is 28.0. The van der Waals surface area contributed by atoms with Crippen LogP contribution in [-0.4, -0.2) is 4.57 Å². The Labute approximate surface area is 297 Å². The van der Waals surface area contributed by atoms with Crippen LogP contribution in [0, 0.1) is 11.8 Å². The summed E-state index contributed by atoms with van der Waals surface area (Å²) in [6.45, 7) is 0. The third kappa shape index (κ3) is 3.84. The summed E-state index contributed by atoms with van der Waals surface area (Å²) in [7, 11) is 0. The number of anilines is 2. The Morgan fingerprint density at radius 2 is 1.22 bits per heavy atom. The van der Waals surface area contributed by atoms with Gasteiger partial charge in [0.15, 0.2) is 0 Å². The average Bonchev–Trinajstić information content (AvgIpc) is 3.70. The molecular weight excluding hydrogens is 617 g/mol. The molecular formula is C49H32N2. The minimum absolute atomic E-state index is 0.429. The van der Waals surface area contributed by atoms with E-state index in [0.29, 0.717) is 0 Å². The maximum Gasteiger partial charge on any atom is 0.0754 e. The Bertz CT molecular complexity index is 2810. The molecule has 0 radical (unpaired) electrons. The minimum Gasteiger partial charge on any atom is -0.314 e. The lowest BCUT2D eigenvalue weighted by atomic mass is 9.65. The maximum atomic E-state index is 3.22. The van der Waals surface area contributed by atoms with Gasteiger partial charge in [-0.1, -0.05) is 133 Å². The summed E-state index contributed by atoms with van der Waals surface area (Å²) in [5.41, 5.74) is 17.3. The number of allylic oxidation sites excluding steroid dienone is 2. The van der Waals surface area contributed by atoms with Crippen LogP contribution >= 0.6 is 0 Å². The molecule has 0 bridgehead atoms. The van der Waals surface area contributed by atoms with Crippen molar-refractivity contribution in [3.63, 3.8) is 0 Å². The Balaban J connectivity index is 1.10. The molecule has 0 amide bonds. The second-order valence-corrected chi connectivity index (χ2v) is 13.8. The molecule has 7 aromatic carbocycles. The van der Waals surface area contributed by atoms with Crippen LogP contribution in [0.25, 0.3) is 49.7 Å². The molecule has 2 heteroatoms. The first kappa shape index (κ1) is 28.3. The van der Waals surface area contributed by atoms with E-state index in [1.807, 2.05) is 0 Å². The predicted molar refractivity (Wildman–Crippen MR) is 211 cm³/mol. The van der Waals surface area contributed by atoms with Crippen molar-refractivity contribution in [2.45, 2.75) is 18.3 Å². The molecule has 1 atom stereocenters. The standard InChI is InChI=1S/C49H32N2/c1-3-14-35(15-4-1)50(36-16-5-2-6-17-36)37-29-26-33(27-30-37)34-28-31-43-41(32-34)38-18-7-9-21-42(38)49(43)44-22-10-12-25-47(44)51-46-24-11-8-19-39(46)40-20-13-23-45(49)48(40)51/h1,3-4,7-15,17-32H,5,16H2. The molecule has 1 unspecified atom stereocenters. The van der Waals surface area contributed by atoms with Gasteiger partial charge in [0, 0.05) is 40.3 Å². The van der Waals surface area contributed by atoms with Gasteiger partial charge in [0.05, 0.1) is 22.1 Å². The molecule has 1 spiro atoms. The lowest BCUT2D eigenvalue weighted by molar-refractivity contribution is 0.748. The molecule has 2 heterocycles. The Morgan fingerprint density at radius 1 is 0.529 bits per heavy atom. The van der Waals surface area contributed by atoms with Crippen molar-refractivity contribution < 1.29 is 0 Å². The van der Waals surface area contributed by atoms with Crippen LogP contribution in [0.4, 0.5) is 11.4 Å². The average molecular weight is 649 g/mol. The van der Waals surface area contributed by atoms with Crippen LogP contribution in [0.15, 0.2) is 176 Å². The van der Waals surface area contributed by atoms with E-state index >= 15 is 0 Å². The first-order valence-corrected chi connectivity index (χ1v) is 17.8. The smallest absolute Gasteiger partial charge is 0.0754 e. The van der Waals surface area contributed by atoms with Crippen molar-refractivity contribution in [3.8, 4) is 39.8 Å². The molecule has 8 aromatic rings.